The fourth-order valence-electron chi connectivity index (χ4n) is 1.46. The van der Waals surface area contributed by atoms with Crippen LogP contribution < -0.4 is 10.6 Å². The van der Waals surface area contributed by atoms with E-state index in [4.69, 9.17) is 5.73 Å². The second kappa shape index (κ2) is 3.51. The highest BCUT2D eigenvalue weighted by Crippen LogP contribution is 2.20. The van der Waals surface area contributed by atoms with Gasteiger partial charge in [0.25, 0.3) is 0 Å². The van der Waals surface area contributed by atoms with Gasteiger partial charge in [-0.15, -0.1) is 11.3 Å². The van der Waals surface area contributed by atoms with Crippen LogP contribution in [-0.2, 0) is 0 Å². The first-order valence-corrected chi connectivity index (χ1v) is 5.28. The van der Waals surface area contributed by atoms with Crippen LogP contribution in [0.25, 0.3) is 0 Å². The third-order valence-corrected chi connectivity index (χ3v) is 3.00. The molecule has 0 bridgehead atoms. The standard InChI is InChI=1S/C8H14N4S/c1-11-2-4-12(5-3-11)7-6-13-8(9)10-7/h6H,2-5H2,1H3,(H2,9,10). The zero-order valence-electron chi connectivity index (χ0n) is 7.73. The number of nitrogens with two attached hydrogens (primary N) is 1. The number of hydrogen-bond donors (Lipinski definition) is 1. The van der Waals surface area contributed by atoms with E-state index in [1.54, 1.807) is 0 Å². The number of likely N-dealkylation sites (N-methyl/N-ethyl adjacent to an activating group) is 1. The summed E-state index contributed by atoms with van der Waals surface area (Å²) < 4.78 is 0. The van der Waals surface area contributed by atoms with Crippen molar-refractivity contribution in [3.8, 4) is 0 Å². The third-order valence-electron chi connectivity index (χ3n) is 2.34. The van der Waals surface area contributed by atoms with E-state index in [0.717, 1.165) is 32.0 Å². The maximum atomic E-state index is 5.58. The van der Waals surface area contributed by atoms with Crippen molar-refractivity contribution < 1.29 is 0 Å². The SMILES string of the molecule is CN1CCN(c2csc(N)n2)CC1. The van der Waals surface area contributed by atoms with Crippen molar-refractivity contribution in [2.75, 3.05) is 43.9 Å². The van der Waals surface area contributed by atoms with E-state index < -0.39 is 0 Å². The Balaban J connectivity index is 2.02. The molecule has 0 spiro atoms. The molecule has 72 valence electrons. The molecule has 4 nitrogen and oxygen atoms in total. The second-order valence-electron chi connectivity index (χ2n) is 3.33. The maximum Gasteiger partial charge on any atom is 0.182 e. The highest BCUT2D eigenvalue weighted by atomic mass is 32.1. The summed E-state index contributed by atoms with van der Waals surface area (Å²) >= 11 is 1.51. The molecule has 5 heteroatoms. The molecule has 0 amide bonds. The topological polar surface area (TPSA) is 45.4 Å². The number of hydrogen-bond acceptors (Lipinski definition) is 5. The summed E-state index contributed by atoms with van der Waals surface area (Å²) in [5.74, 6) is 1.04. The monoisotopic (exact) mass is 198 g/mol. The Morgan fingerprint density at radius 3 is 2.62 bits per heavy atom. The second-order valence-corrected chi connectivity index (χ2v) is 4.22. The summed E-state index contributed by atoms with van der Waals surface area (Å²) in [6.07, 6.45) is 0. The summed E-state index contributed by atoms with van der Waals surface area (Å²) in [5, 5.41) is 2.69. The van der Waals surface area contributed by atoms with Gasteiger partial charge in [-0.2, -0.15) is 0 Å². The van der Waals surface area contributed by atoms with Crippen molar-refractivity contribution >= 4 is 22.3 Å². The summed E-state index contributed by atoms with van der Waals surface area (Å²) in [4.78, 5) is 8.87. The van der Waals surface area contributed by atoms with E-state index in [1.165, 1.54) is 11.3 Å². The average Bonchev–Trinajstić information content (AvgIpc) is 2.53. The predicted molar refractivity (Wildman–Crippen MR) is 56.2 cm³/mol. The van der Waals surface area contributed by atoms with Gasteiger partial charge in [0.15, 0.2) is 5.13 Å². The van der Waals surface area contributed by atoms with Crippen molar-refractivity contribution in [2.24, 2.45) is 0 Å². The molecule has 0 radical (unpaired) electrons. The molecule has 1 aromatic rings. The van der Waals surface area contributed by atoms with Gasteiger partial charge in [-0.1, -0.05) is 0 Å². The lowest BCUT2D eigenvalue weighted by Crippen LogP contribution is -2.44. The molecule has 2 heterocycles. The summed E-state index contributed by atoms with van der Waals surface area (Å²) in [7, 11) is 2.15. The minimum atomic E-state index is 0.661. The molecular weight excluding hydrogens is 184 g/mol. The highest BCUT2D eigenvalue weighted by Gasteiger charge is 2.15. The van der Waals surface area contributed by atoms with Crippen LogP contribution >= 0.6 is 11.3 Å². The van der Waals surface area contributed by atoms with E-state index in [0.29, 0.717) is 5.13 Å². The van der Waals surface area contributed by atoms with Gasteiger partial charge in [0, 0.05) is 31.6 Å². The van der Waals surface area contributed by atoms with Gasteiger partial charge in [0.1, 0.15) is 5.82 Å². The molecule has 1 aliphatic heterocycles. The smallest absolute Gasteiger partial charge is 0.182 e. The number of nitrogen functional groups attached to an aromatic ring is 1. The average molecular weight is 198 g/mol. The molecule has 0 atom stereocenters. The normalized spacial score (nSPS) is 19.3. The van der Waals surface area contributed by atoms with E-state index in [2.05, 4.69) is 21.8 Å². The minimum Gasteiger partial charge on any atom is -0.375 e. The first kappa shape index (κ1) is 8.77. The van der Waals surface area contributed by atoms with Crippen molar-refractivity contribution in [1.29, 1.82) is 0 Å². The lowest BCUT2D eigenvalue weighted by atomic mass is 10.3. The molecule has 2 rings (SSSR count). The first-order chi connectivity index (χ1) is 6.25. The molecule has 0 saturated carbocycles. The quantitative estimate of drug-likeness (QED) is 0.713. The molecule has 0 aliphatic carbocycles. The van der Waals surface area contributed by atoms with E-state index in [9.17, 15) is 0 Å². The van der Waals surface area contributed by atoms with Crippen LogP contribution in [-0.4, -0.2) is 43.1 Å². The Hall–Kier alpha value is -0.810. The van der Waals surface area contributed by atoms with Crippen LogP contribution in [0.1, 0.15) is 0 Å². The van der Waals surface area contributed by atoms with Gasteiger partial charge < -0.3 is 15.5 Å². The molecule has 1 fully saturated rings. The Bertz CT molecular complexity index is 277. The zero-order chi connectivity index (χ0) is 9.26. The number of anilines is 2. The minimum absolute atomic E-state index is 0.661. The van der Waals surface area contributed by atoms with Gasteiger partial charge in [-0.3, -0.25) is 0 Å². The Morgan fingerprint density at radius 2 is 2.08 bits per heavy atom. The van der Waals surface area contributed by atoms with Gasteiger partial charge in [-0.05, 0) is 7.05 Å². The van der Waals surface area contributed by atoms with Crippen molar-refractivity contribution in [3.05, 3.63) is 5.38 Å². The van der Waals surface area contributed by atoms with Gasteiger partial charge in [0.05, 0.1) is 0 Å². The lowest BCUT2D eigenvalue weighted by molar-refractivity contribution is 0.312. The van der Waals surface area contributed by atoms with Crippen LogP contribution in [0.5, 0.6) is 0 Å². The molecule has 1 aliphatic rings. The molecular formula is C8H14N4S. The zero-order valence-corrected chi connectivity index (χ0v) is 8.55. The number of nitrogens with zero attached hydrogens (tertiary/aromatic N) is 3. The van der Waals surface area contributed by atoms with Crippen molar-refractivity contribution in [1.82, 2.24) is 9.88 Å². The molecule has 1 saturated heterocycles. The highest BCUT2D eigenvalue weighted by molar-refractivity contribution is 7.13. The Labute approximate surface area is 82.0 Å². The van der Waals surface area contributed by atoms with Gasteiger partial charge in [-0.25, -0.2) is 4.98 Å². The van der Waals surface area contributed by atoms with Crippen molar-refractivity contribution in [2.45, 2.75) is 0 Å². The fourth-order valence-corrected chi connectivity index (χ4v) is 2.03. The number of piperazine rings is 1. The lowest BCUT2D eigenvalue weighted by Gasteiger charge is -2.32. The largest absolute Gasteiger partial charge is 0.375 e. The fraction of sp³-hybridized carbons (Fsp3) is 0.625. The summed E-state index contributed by atoms with van der Waals surface area (Å²) in [5.41, 5.74) is 5.58. The molecule has 0 aromatic carbocycles. The van der Waals surface area contributed by atoms with E-state index >= 15 is 0 Å². The number of rotatable bonds is 1. The first-order valence-electron chi connectivity index (χ1n) is 4.40. The molecule has 1 aromatic heterocycles. The maximum absolute atomic E-state index is 5.58. The molecule has 13 heavy (non-hydrogen) atoms. The Morgan fingerprint density at radius 1 is 1.38 bits per heavy atom. The number of thiazole rings is 1. The van der Waals surface area contributed by atoms with Crippen LogP contribution in [0.4, 0.5) is 10.9 Å². The molecule has 2 N–H and O–H groups in total. The van der Waals surface area contributed by atoms with E-state index in [1.807, 2.05) is 5.38 Å². The van der Waals surface area contributed by atoms with Crippen LogP contribution in [0.15, 0.2) is 5.38 Å². The Kier molecular flexibility index (Phi) is 2.37. The van der Waals surface area contributed by atoms with Crippen LogP contribution in [0, 0.1) is 0 Å². The summed E-state index contributed by atoms with van der Waals surface area (Å²) in [6.45, 7) is 4.33. The predicted octanol–water partition coefficient (Wildman–Crippen LogP) is 0.477. The van der Waals surface area contributed by atoms with Crippen molar-refractivity contribution in [3.63, 3.8) is 0 Å². The van der Waals surface area contributed by atoms with Gasteiger partial charge >= 0.3 is 0 Å². The van der Waals surface area contributed by atoms with Crippen LogP contribution in [0.3, 0.4) is 0 Å². The summed E-state index contributed by atoms with van der Waals surface area (Å²) in [6, 6.07) is 0. The van der Waals surface area contributed by atoms with E-state index in [-0.39, 0.29) is 0 Å². The number of aromatic nitrogens is 1. The third kappa shape index (κ3) is 1.92. The molecule has 0 unspecified atom stereocenters. The van der Waals surface area contributed by atoms with Gasteiger partial charge in [0.2, 0.25) is 0 Å². The van der Waals surface area contributed by atoms with Crippen LogP contribution in [0.2, 0.25) is 0 Å².